The molecule has 0 saturated carbocycles. The molecule has 1 aromatic rings. The largest absolute Gasteiger partial charge is 0.347 e. The molecule has 3 amide bonds. The minimum absolute atomic E-state index is 0.149. The van der Waals surface area contributed by atoms with E-state index in [-0.39, 0.29) is 18.5 Å². The van der Waals surface area contributed by atoms with Crippen molar-refractivity contribution in [1.82, 2.24) is 19.8 Å². The van der Waals surface area contributed by atoms with Gasteiger partial charge in [0.15, 0.2) is 0 Å². The molecule has 1 atom stereocenters. The highest BCUT2D eigenvalue weighted by atomic mass is 16.2. The van der Waals surface area contributed by atoms with Crippen molar-refractivity contribution >= 4 is 11.9 Å². The van der Waals surface area contributed by atoms with E-state index in [1.165, 1.54) is 4.90 Å². The minimum atomic E-state index is -0.391. The van der Waals surface area contributed by atoms with Crippen LogP contribution in [0.25, 0.3) is 0 Å². The lowest BCUT2D eigenvalue weighted by Crippen LogP contribution is -2.40. The van der Waals surface area contributed by atoms with Gasteiger partial charge < -0.3 is 9.88 Å². The molecule has 2 aliphatic rings. The molecule has 0 radical (unpaired) electrons. The lowest BCUT2D eigenvalue weighted by molar-refractivity contribution is -0.128. The van der Waals surface area contributed by atoms with Crippen LogP contribution >= 0.6 is 0 Å². The van der Waals surface area contributed by atoms with Gasteiger partial charge in [-0.1, -0.05) is 6.08 Å². The molecular weight excluding hydrogens is 220 g/mol. The van der Waals surface area contributed by atoms with Gasteiger partial charge in [-0.05, 0) is 0 Å². The van der Waals surface area contributed by atoms with Gasteiger partial charge in [0.1, 0.15) is 6.04 Å². The summed E-state index contributed by atoms with van der Waals surface area (Å²) < 4.78 is 0. The predicted octanol–water partition coefficient (Wildman–Crippen LogP) is 0.285. The number of imidazole rings is 1. The third kappa shape index (κ3) is 1.30. The van der Waals surface area contributed by atoms with Crippen molar-refractivity contribution in [2.24, 2.45) is 0 Å². The fourth-order valence-corrected chi connectivity index (χ4v) is 2.38. The average molecular weight is 232 g/mol. The first-order valence-electron chi connectivity index (χ1n) is 5.46. The van der Waals surface area contributed by atoms with Gasteiger partial charge in [-0.15, -0.1) is 6.58 Å². The molecule has 1 aromatic heterocycles. The van der Waals surface area contributed by atoms with E-state index in [1.807, 2.05) is 0 Å². The maximum absolute atomic E-state index is 12.0. The van der Waals surface area contributed by atoms with Gasteiger partial charge in [0, 0.05) is 13.0 Å². The van der Waals surface area contributed by atoms with Crippen molar-refractivity contribution in [2.75, 3.05) is 6.54 Å². The second-order valence-corrected chi connectivity index (χ2v) is 4.20. The number of rotatable bonds is 2. The van der Waals surface area contributed by atoms with Crippen LogP contribution < -0.4 is 0 Å². The monoisotopic (exact) mass is 232 g/mol. The molecule has 1 fully saturated rings. The fraction of sp³-hybridized carbons (Fsp3) is 0.364. The molecule has 0 aromatic carbocycles. The molecule has 1 unspecified atom stereocenters. The van der Waals surface area contributed by atoms with E-state index < -0.39 is 6.04 Å². The van der Waals surface area contributed by atoms with Crippen LogP contribution in [-0.2, 0) is 17.8 Å². The summed E-state index contributed by atoms with van der Waals surface area (Å²) in [6.07, 6.45) is 3.66. The number of nitrogens with zero attached hydrogens (tertiary/aromatic N) is 3. The molecule has 1 saturated heterocycles. The Morgan fingerprint density at radius 1 is 1.59 bits per heavy atom. The van der Waals surface area contributed by atoms with E-state index in [1.54, 1.807) is 17.3 Å². The van der Waals surface area contributed by atoms with E-state index in [9.17, 15) is 9.59 Å². The van der Waals surface area contributed by atoms with Crippen LogP contribution in [-0.4, -0.2) is 44.3 Å². The smallest absolute Gasteiger partial charge is 0.328 e. The zero-order valence-corrected chi connectivity index (χ0v) is 9.22. The molecule has 6 nitrogen and oxygen atoms in total. The number of amides is 3. The molecule has 6 heteroatoms. The number of fused-ring (bicyclic) bond motifs is 2. The van der Waals surface area contributed by atoms with Crippen molar-refractivity contribution in [1.29, 1.82) is 0 Å². The number of carbonyl (C=O) groups is 2. The van der Waals surface area contributed by atoms with Gasteiger partial charge >= 0.3 is 6.03 Å². The number of aromatic nitrogens is 2. The molecule has 88 valence electrons. The third-order valence-electron chi connectivity index (χ3n) is 3.24. The second kappa shape index (κ2) is 3.44. The van der Waals surface area contributed by atoms with Gasteiger partial charge in [-0.2, -0.15) is 0 Å². The molecule has 0 aliphatic carbocycles. The van der Waals surface area contributed by atoms with Gasteiger partial charge in [-0.25, -0.2) is 9.78 Å². The quantitative estimate of drug-likeness (QED) is 0.588. The van der Waals surface area contributed by atoms with Gasteiger partial charge in [0.25, 0.3) is 5.91 Å². The van der Waals surface area contributed by atoms with E-state index in [2.05, 4.69) is 16.5 Å². The molecule has 0 spiro atoms. The fourth-order valence-electron chi connectivity index (χ4n) is 2.38. The third-order valence-corrected chi connectivity index (χ3v) is 3.24. The number of hydrogen-bond acceptors (Lipinski definition) is 3. The summed E-state index contributed by atoms with van der Waals surface area (Å²) >= 11 is 0. The Morgan fingerprint density at radius 2 is 2.41 bits per heavy atom. The topological polar surface area (TPSA) is 69.3 Å². The van der Waals surface area contributed by atoms with Crippen molar-refractivity contribution < 1.29 is 9.59 Å². The van der Waals surface area contributed by atoms with Crippen LogP contribution in [0.2, 0.25) is 0 Å². The van der Waals surface area contributed by atoms with E-state index >= 15 is 0 Å². The van der Waals surface area contributed by atoms with Crippen LogP contribution in [0.15, 0.2) is 19.0 Å². The van der Waals surface area contributed by atoms with Crippen LogP contribution in [0, 0.1) is 0 Å². The highest BCUT2D eigenvalue weighted by Gasteiger charge is 2.47. The highest BCUT2D eigenvalue weighted by molar-refractivity contribution is 6.04. The molecule has 0 bridgehead atoms. The average Bonchev–Trinajstić information content (AvgIpc) is 2.87. The summed E-state index contributed by atoms with van der Waals surface area (Å²) in [5.41, 5.74) is 1.80. The Labute approximate surface area is 97.9 Å². The van der Waals surface area contributed by atoms with Crippen molar-refractivity contribution in [3.8, 4) is 0 Å². The molecule has 2 aliphatic heterocycles. The standard InChI is InChI=1S/C11H12N4O2/c1-2-3-14-10(16)9-4-7-8(13-6-12-7)5-15(9)11(14)17/h2,6,9H,1,3-5H2,(H,12,13). The highest BCUT2D eigenvalue weighted by Crippen LogP contribution is 2.28. The summed E-state index contributed by atoms with van der Waals surface area (Å²) in [6.45, 7) is 4.26. The lowest BCUT2D eigenvalue weighted by atomic mass is 10.0. The number of carbonyl (C=O) groups excluding carboxylic acids is 2. The molecule has 1 N–H and O–H groups in total. The minimum Gasteiger partial charge on any atom is -0.347 e. The summed E-state index contributed by atoms with van der Waals surface area (Å²) in [7, 11) is 0. The van der Waals surface area contributed by atoms with Crippen LogP contribution in [0.4, 0.5) is 4.79 Å². The first kappa shape index (κ1) is 10.1. The number of aromatic amines is 1. The SMILES string of the molecule is C=CCN1C(=O)C2Cc3nc[nH]c3CN2C1=O. The summed E-state index contributed by atoms with van der Waals surface area (Å²) in [4.78, 5) is 34.1. The van der Waals surface area contributed by atoms with Crippen LogP contribution in [0.3, 0.4) is 0 Å². The van der Waals surface area contributed by atoms with E-state index in [0.29, 0.717) is 13.0 Å². The maximum atomic E-state index is 12.0. The molecule has 3 heterocycles. The maximum Gasteiger partial charge on any atom is 0.328 e. The van der Waals surface area contributed by atoms with Gasteiger partial charge in [-0.3, -0.25) is 9.69 Å². The van der Waals surface area contributed by atoms with Gasteiger partial charge in [0.2, 0.25) is 0 Å². The Hall–Kier alpha value is -2.11. The van der Waals surface area contributed by atoms with Gasteiger partial charge in [0.05, 0.1) is 24.3 Å². The Bertz CT molecular complexity index is 469. The zero-order chi connectivity index (χ0) is 12.0. The van der Waals surface area contributed by atoms with Crippen LogP contribution in [0.5, 0.6) is 0 Å². The van der Waals surface area contributed by atoms with E-state index in [4.69, 9.17) is 0 Å². The van der Waals surface area contributed by atoms with E-state index in [0.717, 1.165) is 11.4 Å². The van der Waals surface area contributed by atoms with Crippen molar-refractivity contribution in [2.45, 2.75) is 19.0 Å². The number of urea groups is 1. The summed E-state index contributed by atoms with van der Waals surface area (Å²) in [5, 5.41) is 0. The molecule has 3 rings (SSSR count). The predicted molar refractivity (Wildman–Crippen MR) is 58.9 cm³/mol. The summed E-state index contributed by atoms with van der Waals surface area (Å²) in [5.74, 6) is -0.149. The van der Waals surface area contributed by atoms with Crippen molar-refractivity contribution in [3.05, 3.63) is 30.4 Å². The van der Waals surface area contributed by atoms with Crippen LogP contribution in [0.1, 0.15) is 11.4 Å². The van der Waals surface area contributed by atoms with Crippen molar-refractivity contribution in [3.63, 3.8) is 0 Å². The molecule has 17 heavy (non-hydrogen) atoms. The number of nitrogens with one attached hydrogen (secondary N) is 1. The number of imide groups is 1. The summed E-state index contributed by atoms with van der Waals surface area (Å²) in [6, 6.07) is -0.626. The Kier molecular flexibility index (Phi) is 2.04. The lowest BCUT2D eigenvalue weighted by Gasteiger charge is -2.25. The first-order chi connectivity index (χ1) is 8.22. The second-order valence-electron chi connectivity index (χ2n) is 4.20. The normalized spacial score (nSPS) is 22.7. The Morgan fingerprint density at radius 3 is 3.18 bits per heavy atom. The first-order valence-corrected chi connectivity index (χ1v) is 5.46. The number of hydrogen-bond donors (Lipinski definition) is 1. The zero-order valence-electron chi connectivity index (χ0n) is 9.22. The Balaban J connectivity index is 1.94. The number of H-pyrrole nitrogens is 1. The molecular formula is C11H12N4O2.